The average molecular weight is 424 g/mol. The van der Waals surface area contributed by atoms with Gasteiger partial charge in [-0.2, -0.15) is 0 Å². The van der Waals surface area contributed by atoms with Crippen molar-refractivity contribution in [3.05, 3.63) is 52.7 Å². The number of nitrogens with two attached hydrogens (primary N) is 1. The number of aromatic nitrogens is 1. The molecule has 8 heteroatoms. The number of aryl methyl sites for hydroxylation is 1. The highest BCUT2D eigenvalue weighted by molar-refractivity contribution is 6.21. The first-order valence-corrected chi connectivity index (χ1v) is 10.7. The zero-order chi connectivity index (χ0) is 22.0. The van der Waals surface area contributed by atoms with E-state index >= 15 is 0 Å². The van der Waals surface area contributed by atoms with E-state index in [1.807, 2.05) is 13.0 Å². The fourth-order valence-corrected chi connectivity index (χ4v) is 4.38. The summed E-state index contributed by atoms with van der Waals surface area (Å²) < 4.78 is 5.34. The number of nitrogens with zero attached hydrogens (tertiary/aromatic N) is 3. The van der Waals surface area contributed by atoms with Crippen molar-refractivity contribution in [3.8, 4) is 5.88 Å². The van der Waals surface area contributed by atoms with Crippen molar-refractivity contribution in [2.24, 2.45) is 5.73 Å². The number of nitrogens with one attached hydrogen (secondary N) is 1. The Labute approximate surface area is 182 Å². The standard InChI is InChI=1S/C23H29N5O3/c1-15-8-9-25-21(31-2)19(15)20(24)26-16-6-7-17-18(14-16)23(30)28(22(17)29)13-5-12-27-10-3-4-11-27/h6-9,14,20,26H,3-5,10-13,24H2,1-2H3. The number of methoxy groups -OCH3 is 1. The van der Waals surface area contributed by atoms with Gasteiger partial charge in [0.2, 0.25) is 5.88 Å². The lowest BCUT2D eigenvalue weighted by atomic mass is 10.1. The molecule has 2 amide bonds. The maximum absolute atomic E-state index is 12.9. The molecule has 3 heterocycles. The van der Waals surface area contributed by atoms with Crippen LogP contribution in [-0.4, -0.2) is 59.9 Å². The maximum atomic E-state index is 12.9. The molecule has 1 aromatic heterocycles. The Morgan fingerprint density at radius 1 is 1.13 bits per heavy atom. The summed E-state index contributed by atoms with van der Waals surface area (Å²) in [5.74, 6) is -0.00702. The van der Waals surface area contributed by atoms with Crippen LogP contribution in [0, 0.1) is 6.92 Å². The molecule has 2 aromatic rings. The second kappa shape index (κ2) is 9.03. The minimum Gasteiger partial charge on any atom is -0.481 e. The van der Waals surface area contributed by atoms with Crippen LogP contribution in [-0.2, 0) is 0 Å². The van der Waals surface area contributed by atoms with Crippen LogP contribution in [0.4, 0.5) is 5.69 Å². The van der Waals surface area contributed by atoms with E-state index in [0.29, 0.717) is 29.2 Å². The van der Waals surface area contributed by atoms with Gasteiger partial charge in [-0.1, -0.05) is 0 Å². The van der Waals surface area contributed by atoms with E-state index in [0.717, 1.165) is 37.2 Å². The van der Waals surface area contributed by atoms with Crippen LogP contribution in [0.25, 0.3) is 0 Å². The van der Waals surface area contributed by atoms with Crippen molar-refractivity contribution in [1.82, 2.24) is 14.8 Å². The maximum Gasteiger partial charge on any atom is 0.261 e. The molecule has 3 N–H and O–H groups in total. The number of hydrogen-bond donors (Lipinski definition) is 2. The van der Waals surface area contributed by atoms with Crippen LogP contribution in [0.3, 0.4) is 0 Å². The number of imide groups is 1. The summed E-state index contributed by atoms with van der Waals surface area (Å²) in [7, 11) is 1.55. The summed E-state index contributed by atoms with van der Waals surface area (Å²) in [6, 6.07) is 7.03. The van der Waals surface area contributed by atoms with Gasteiger partial charge in [0.25, 0.3) is 11.8 Å². The van der Waals surface area contributed by atoms with Crippen molar-refractivity contribution in [1.29, 1.82) is 0 Å². The van der Waals surface area contributed by atoms with E-state index in [9.17, 15) is 9.59 Å². The highest BCUT2D eigenvalue weighted by Crippen LogP contribution is 2.29. The van der Waals surface area contributed by atoms with Crippen molar-refractivity contribution < 1.29 is 14.3 Å². The molecule has 1 saturated heterocycles. The number of anilines is 1. The van der Waals surface area contributed by atoms with Crippen LogP contribution in [0.2, 0.25) is 0 Å². The van der Waals surface area contributed by atoms with E-state index in [1.54, 1.807) is 31.5 Å². The Bertz CT molecular complexity index is 987. The number of carbonyl (C=O) groups excluding carboxylic acids is 2. The lowest BCUT2D eigenvalue weighted by molar-refractivity contribution is 0.0648. The minimum absolute atomic E-state index is 0.220. The number of benzene rings is 1. The third-order valence-electron chi connectivity index (χ3n) is 6.02. The second-order valence-electron chi connectivity index (χ2n) is 8.10. The van der Waals surface area contributed by atoms with Crippen LogP contribution >= 0.6 is 0 Å². The van der Waals surface area contributed by atoms with Gasteiger partial charge in [0.15, 0.2) is 0 Å². The van der Waals surface area contributed by atoms with Gasteiger partial charge in [-0.15, -0.1) is 0 Å². The highest BCUT2D eigenvalue weighted by Gasteiger charge is 2.35. The third-order valence-corrected chi connectivity index (χ3v) is 6.02. The Balaban J connectivity index is 1.45. The number of rotatable bonds is 8. The monoisotopic (exact) mass is 423 g/mol. The molecule has 164 valence electrons. The number of likely N-dealkylation sites (tertiary alicyclic amines) is 1. The first-order valence-electron chi connectivity index (χ1n) is 10.7. The fraction of sp³-hybridized carbons (Fsp3) is 0.435. The summed E-state index contributed by atoms with van der Waals surface area (Å²) in [6.45, 7) is 5.52. The summed E-state index contributed by atoms with van der Waals surface area (Å²) in [6.07, 6.45) is 4.35. The Hall–Kier alpha value is -2.97. The van der Waals surface area contributed by atoms with Crippen molar-refractivity contribution in [2.75, 3.05) is 38.6 Å². The van der Waals surface area contributed by atoms with Crippen LogP contribution in [0.15, 0.2) is 30.5 Å². The van der Waals surface area contributed by atoms with Gasteiger partial charge in [0.1, 0.15) is 6.17 Å². The summed E-state index contributed by atoms with van der Waals surface area (Å²) in [5, 5.41) is 3.20. The fourth-order valence-electron chi connectivity index (χ4n) is 4.38. The molecule has 1 fully saturated rings. The van der Waals surface area contributed by atoms with Crippen molar-refractivity contribution in [3.63, 3.8) is 0 Å². The van der Waals surface area contributed by atoms with Gasteiger partial charge in [0, 0.05) is 18.4 Å². The molecule has 0 radical (unpaired) electrons. The molecule has 1 aromatic carbocycles. The summed E-state index contributed by atoms with van der Waals surface area (Å²) in [5.41, 5.74) is 9.58. The summed E-state index contributed by atoms with van der Waals surface area (Å²) >= 11 is 0. The SMILES string of the molecule is COc1nccc(C)c1C(N)Nc1ccc2c(c1)C(=O)N(CCCN1CCCC1)C2=O. The van der Waals surface area contributed by atoms with Crippen molar-refractivity contribution >= 4 is 17.5 Å². The van der Waals surface area contributed by atoms with E-state index in [4.69, 9.17) is 10.5 Å². The molecule has 8 nitrogen and oxygen atoms in total. The number of carbonyl (C=O) groups is 2. The number of fused-ring (bicyclic) bond motifs is 1. The lowest BCUT2D eigenvalue weighted by Gasteiger charge is -2.19. The van der Waals surface area contributed by atoms with E-state index < -0.39 is 6.17 Å². The Morgan fingerprint density at radius 2 is 1.87 bits per heavy atom. The van der Waals surface area contributed by atoms with E-state index in [2.05, 4.69) is 15.2 Å². The second-order valence-corrected chi connectivity index (χ2v) is 8.10. The van der Waals surface area contributed by atoms with Crippen LogP contribution in [0.5, 0.6) is 5.88 Å². The van der Waals surface area contributed by atoms with Gasteiger partial charge >= 0.3 is 0 Å². The molecular weight excluding hydrogens is 394 g/mol. The normalized spacial score (nSPS) is 17.2. The molecule has 0 aliphatic carbocycles. The number of hydrogen-bond acceptors (Lipinski definition) is 7. The Morgan fingerprint density at radius 3 is 2.61 bits per heavy atom. The van der Waals surface area contributed by atoms with Gasteiger partial charge in [-0.3, -0.25) is 14.5 Å². The van der Waals surface area contributed by atoms with Gasteiger partial charge < -0.3 is 20.7 Å². The van der Waals surface area contributed by atoms with Gasteiger partial charge in [0.05, 0.1) is 23.8 Å². The minimum atomic E-state index is -0.578. The van der Waals surface area contributed by atoms with Crippen LogP contribution in [0.1, 0.15) is 57.3 Å². The molecule has 1 unspecified atom stereocenters. The molecule has 2 aliphatic heterocycles. The number of amides is 2. The summed E-state index contributed by atoms with van der Waals surface area (Å²) in [4.78, 5) is 33.6. The topological polar surface area (TPSA) is 101 Å². The smallest absolute Gasteiger partial charge is 0.261 e. The highest BCUT2D eigenvalue weighted by atomic mass is 16.5. The van der Waals surface area contributed by atoms with Gasteiger partial charge in [-0.05, 0) is 75.6 Å². The van der Waals surface area contributed by atoms with Gasteiger partial charge in [-0.25, -0.2) is 4.98 Å². The van der Waals surface area contributed by atoms with E-state index in [1.165, 1.54) is 17.7 Å². The lowest BCUT2D eigenvalue weighted by Crippen LogP contribution is -2.33. The predicted molar refractivity (Wildman–Crippen MR) is 118 cm³/mol. The average Bonchev–Trinajstić information content (AvgIpc) is 3.36. The molecule has 0 spiro atoms. The van der Waals surface area contributed by atoms with Crippen LogP contribution < -0.4 is 15.8 Å². The molecule has 0 bridgehead atoms. The van der Waals surface area contributed by atoms with E-state index in [-0.39, 0.29) is 11.8 Å². The first kappa shape index (κ1) is 21.3. The largest absolute Gasteiger partial charge is 0.481 e. The zero-order valence-corrected chi connectivity index (χ0v) is 18.1. The molecule has 2 aliphatic rings. The third kappa shape index (κ3) is 4.26. The number of ether oxygens (including phenoxy) is 1. The zero-order valence-electron chi connectivity index (χ0n) is 18.1. The predicted octanol–water partition coefficient (Wildman–Crippen LogP) is 2.55. The number of pyridine rings is 1. The molecular formula is C23H29N5O3. The molecule has 1 atom stereocenters. The quantitative estimate of drug-likeness (QED) is 0.497. The first-order chi connectivity index (χ1) is 15.0. The van der Waals surface area contributed by atoms with Crippen molar-refractivity contribution in [2.45, 2.75) is 32.4 Å². The molecule has 31 heavy (non-hydrogen) atoms. The molecule has 0 saturated carbocycles. The molecule has 4 rings (SSSR count). The Kier molecular flexibility index (Phi) is 6.20.